The van der Waals surface area contributed by atoms with Crippen LogP contribution in [0.5, 0.6) is 5.75 Å². The molecule has 0 unspecified atom stereocenters. The number of ether oxygens (including phenoxy) is 1. The molecule has 2 heteroatoms. The second kappa shape index (κ2) is 12.2. The maximum Gasteiger partial charge on any atom is 0.119 e. The van der Waals surface area contributed by atoms with Gasteiger partial charge in [-0.15, -0.1) is 0 Å². The third kappa shape index (κ3) is 7.16. The largest absolute Gasteiger partial charge is 0.494 e. The number of hydrogen-bond donors (Lipinski definition) is 0. The van der Waals surface area contributed by atoms with Crippen molar-refractivity contribution in [3.8, 4) is 11.8 Å². The summed E-state index contributed by atoms with van der Waals surface area (Å²) in [6.45, 7) is 7.61. The van der Waals surface area contributed by atoms with Crippen LogP contribution in [0.1, 0.15) is 109 Å². The molecular weight excluding hydrogens is 342 g/mol. The molecule has 1 atom stereocenters. The van der Waals surface area contributed by atoms with Gasteiger partial charge in [-0.1, -0.05) is 71.4 Å². The zero-order valence-corrected chi connectivity index (χ0v) is 18.5. The molecule has 1 aromatic rings. The molecule has 0 heterocycles. The van der Waals surface area contributed by atoms with Crippen LogP contribution in [0, 0.1) is 22.7 Å². The number of unbranched alkanes of at least 4 members (excludes halogenated alkanes) is 5. The fourth-order valence-corrected chi connectivity index (χ4v) is 4.59. The molecule has 1 aromatic carbocycles. The Hall–Kier alpha value is -1.49. The molecule has 28 heavy (non-hydrogen) atoms. The predicted octanol–water partition coefficient (Wildman–Crippen LogP) is 8.03. The Morgan fingerprint density at radius 1 is 1.04 bits per heavy atom. The highest BCUT2D eigenvalue weighted by Crippen LogP contribution is 2.46. The molecule has 0 N–H and O–H groups in total. The Balaban J connectivity index is 1.74. The standard InChI is InChI=1S/C26H41NO/c1-4-6-7-8-9-10-19-28-25-13-11-23(12-14-25)24-15-17-26(21-27,18-16-24)20-22(3)5-2/h11-14,22,24H,4-10,15-20H2,1-3H3/t22-,24-,26-/m1/s1. The third-order valence-corrected chi connectivity index (χ3v) is 6.73. The number of nitrogens with zero attached hydrogens (tertiary/aromatic N) is 1. The lowest BCUT2D eigenvalue weighted by atomic mass is 9.66. The van der Waals surface area contributed by atoms with Gasteiger partial charge >= 0.3 is 0 Å². The van der Waals surface area contributed by atoms with Crippen LogP contribution in [0.3, 0.4) is 0 Å². The van der Waals surface area contributed by atoms with E-state index >= 15 is 0 Å². The molecule has 0 radical (unpaired) electrons. The van der Waals surface area contributed by atoms with Crippen LogP contribution in [0.15, 0.2) is 24.3 Å². The number of hydrogen-bond acceptors (Lipinski definition) is 2. The van der Waals surface area contributed by atoms with Crippen LogP contribution in [0.25, 0.3) is 0 Å². The first-order valence-electron chi connectivity index (χ1n) is 11.8. The van der Waals surface area contributed by atoms with E-state index in [-0.39, 0.29) is 5.41 Å². The van der Waals surface area contributed by atoms with E-state index in [1.165, 1.54) is 44.1 Å². The molecule has 0 aromatic heterocycles. The summed E-state index contributed by atoms with van der Waals surface area (Å²) in [6.07, 6.45) is 14.4. The second-order valence-electron chi connectivity index (χ2n) is 9.07. The van der Waals surface area contributed by atoms with Gasteiger partial charge in [0, 0.05) is 0 Å². The molecule has 2 nitrogen and oxygen atoms in total. The summed E-state index contributed by atoms with van der Waals surface area (Å²) in [6, 6.07) is 11.5. The van der Waals surface area contributed by atoms with E-state index in [2.05, 4.69) is 51.1 Å². The zero-order chi connectivity index (χ0) is 20.2. The minimum Gasteiger partial charge on any atom is -0.494 e. The Morgan fingerprint density at radius 3 is 2.29 bits per heavy atom. The molecular formula is C26H41NO. The molecule has 1 aliphatic carbocycles. The highest BCUT2D eigenvalue weighted by Gasteiger charge is 2.36. The lowest BCUT2D eigenvalue weighted by Gasteiger charge is -2.36. The topological polar surface area (TPSA) is 33.0 Å². The normalized spacial score (nSPS) is 23.1. The summed E-state index contributed by atoms with van der Waals surface area (Å²) < 4.78 is 5.92. The van der Waals surface area contributed by atoms with E-state index in [9.17, 15) is 5.26 Å². The Kier molecular flexibility index (Phi) is 9.89. The summed E-state index contributed by atoms with van der Waals surface area (Å²) in [5.74, 6) is 2.25. The van der Waals surface area contributed by atoms with E-state index in [1.807, 2.05) is 0 Å². The van der Waals surface area contributed by atoms with Crippen LogP contribution in [0.4, 0.5) is 0 Å². The predicted molar refractivity (Wildman–Crippen MR) is 119 cm³/mol. The van der Waals surface area contributed by atoms with Crippen molar-refractivity contribution in [1.29, 1.82) is 5.26 Å². The first-order chi connectivity index (χ1) is 13.6. The number of rotatable bonds is 12. The fourth-order valence-electron chi connectivity index (χ4n) is 4.59. The molecule has 1 fully saturated rings. The summed E-state index contributed by atoms with van der Waals surface area (Å²) in [5, 5.41) is 9.78. The minimum atomic E-state index is -0.0773. The SMILES string of the molecule is CCCCCCCCOc1ccc([C@H]2CC[C@@](C#N)(C[C@H](C)CC)CC2)cc1. The second-order valence-corrected chi connectivity index (χ2v) is 9.07. The third-order valence-electron chi connectivity index (χ3n) is 6.73. The van der Waals surface area contributed by atoms with Gasteiger partial charge in [-0.3, -0.25) is 0 Å². The van der Waals surface area contributed by atoms with Gasteiger partial charge in [0.2, 0.25) is 0 Å². The van der Waals surface area contributed by atoms with Crippen LogP contribution < -0.4 is 4.74 Å². The van der Waals surface area contributed by atoms with E-state index < -0.39 is 0 Å². The van der Waals surface area contributed by atoms with Gasteiger partial charge in [0.1, 0.15) is 5.75 Å². The summed E-state index contributed by atoms with van der Waals surface area (Å²) >= 11 is 0. The van der Waals surface area contributed by atoms with Crippen LogP contribution in [-0.4, -0.2) is 6.61 Å². The molecule has 0 spiro atoms. The number of benzene rings is 1. The lowest BCUT2D eigenvalue weighted by Crippen LogP contribution is -2.27. The summed E-state index contributed by atoms with van der Waals surface area (Å²) in [5.41, 5.74) is 1.34. The van der Waals surface area contributed by atoms with Crippen molar-refractivity contribution in [2.75, 3.05) is 6.61 Å². The first-order valence-corrected chi connectivity index (χ1v) is 11.8. The quantitative estimate of drug-likeness (QED) is 0.342. The van der Waals surface area contributed by atoms with Gasteiger partial charge < -0.3 is 4.74 Å². The van der Waals surface area contributed by atoms with Crippen LogP contribution in [-0.2, 0) is 0 Å². The Labute approximate surface area is 173 Å². The van der Waals surface area contributed by atoms with Crippen LogP contribution >= 0.6 is 0 Å². The van der Waals surface area contributed by atoms with Gasteiger partial charge in [0.05, 0.1) is 18.1 Å². The fraction of sp³-hybridized carbons (Fsp3) is 0.731. The van der Waals surface area contributed by atoms with Crippen molar-refractivity contribution in [2.45, 2.75) is 104 Å². The lowest BCUT2D eigenvalue weighted by molar-refractivity contribution is 0.198. The van der Waals surface area contributed by atoms with Gasteiger partial charge in [-0.05, 0) is 68.1 Å². The first kappa shape index (κ1) is 22.8. The molecule has 1 aliphatic rings. The molecule has 0 aliphatic heterocycles. The maximum absolute atomic E-state index is 9.78. The van der Waals surface area contributed by atoms with E-state index in [4.69, 9.17) is 4.74 Å². The van der Waals surface area contributed by atoms with Crippen molar-refractivity contribution in [2.24, 2.45) is 11.3 Å². The zero-order valence-electron chi connectivity index (χ0n) is 18.5. The number of nitriles is 1. The molecule has 2 rings (SSSR count). The van der Waals surface area contributed by atoms with Crippen molar-refractivity contribution in [3.05, 3.63) is 29.8 Å². The summed E-state index contributed by atoms with van der Waals surface area (Å²) in [7, 11) is 0. The van der Waals surface area contributed by atoms with Crippen molar-refractivity contribution >= 4 is 0 Å². The van der Waals surface area contributed by atoms with Crippen molar-refractivity contribution in [1.82, 2.24) is 0 Å². The molecule has 156 valence electrons. The molecule has 1 saturated carbocycles. The average molecular weight is 384 g/mol. The molecule has 0 amide bonds. The Bertz CT molecular complexity index is 577. The highest BCUT2D eigenvalue weighted by molar-refractivity contribution is 5.30. The van der Waals surface area contributed by atoms with E-state index in [1.54, 1.807) is 0 Å². The highest BCUT2D eigenvalue weighted by atomic mass is 16.5. The van der Waals surface area contributed by atoms with Gasteiger partial charge in [-0.2, -0.15) is 5.26 Å². The minimum absolute atomic E-state index is 0.0773. The van der Waals surface area contributed by atoms with Gasteiger partial charge in [-0.25, -0.2) is 0 Å². The Morgan fingerprint density at radius 2 is 1.68 bits per heavy atom. The van der Waals surface area contributed by atoms with Crippen molar-refractivity contribution in [3.63, 3.8) is 0 Å². The summed E-state index contributed by atoms with van der Waals surface area (Å²) in [4.78, 5) is 0. The molecule has 0 bridgehead atoms. The van der Waals surface area contributed by atoms with Gasteiger partial charge in [0.25, 0.3) is 0 Å². The average Bonchev–Trinajstić information content (AvgIpc) is 2.74. The maximum atomic E-state index is 9.78. The smallest absolute Gasteiger partial charge is 0.119 e. The van der Waals surface area contributed by atoms with Crippen LogP contribution in [0.2, 0.25) is 0 Å². The van der Waals surface area contributed by atoms with E-state index in [0.717, 1.165) is 50.9 Å². The van der Waals surface area contributed by atoms with E-state index in [0.29, 0.717) is 11.8 Å². The van der Waals surface area contributed by atoms with Crippen molar-refractivity contribution < 1.29 is 4.74 Å². The molecule has 0 saturated heterocycles. The monoisotopic (exact) mass is 383 g/mol. The van der Waals surface area contributed by atoms with Gasteiger partial charge in [0.15, 0.2) is 0 Å².